The van der Waals surface area contributed by atoms with E-state index >= 15 is 0 Å². The molecule has 3 nitrogen and oxygen atoms in total. The maximum absolute atomic E-state index is 13.7. The highest BCUT2D eigenvalue weighted by atomic mass is 19.1. The number of aromatic nitrogens is 2. The van der Waals surface area contributed by atoms with Gasteiger partial charge in [-0.1, -0.05) is 0 Å². The molecule has 0 aliphatic rings. The Balaban J connectivity index is 2.67. The molecular formula is C12H13F2N3. The van der Waals surface area contributed by atoms with Gasteiger partial charge in [0.2, 0.25) is 0 Å². The number of hydrogen-bond donors (Lipinski definition) is 1. The van der Waals surface area contributed by atoms with Gasteiger partial charge in [0.15, 0.2) is 0 Å². The summed E-state index contributed by atoms with van der Waals surface area (Å²) in [7, 11) is 1.76. The predicted molar refractivity (Wildman–Crippen MR) is 61.2 cm³/mol. The van der Waals surface area contributed by atoms with Gasteiger partial charge < -0.3 is 5.73 Å². The molecule has 1 heterocycles. The van der Waals surface area contributed by atoms with E-state index in [1.807, 2.05) is 6.92 Å². The minimum Gasteiger partial charge on any atom is -0.325 e. The van der Waals surface area contributed by atoms with Crippen LogP contribution in [0.25, 0.3) is 11.1 Å². The molecule has 0 radical (unpaired) electrons. The molecule has 0 bridgehead atoms. The molecule has 2 rings (SSSR count). The third kappa shape index (κ3) is 1.93. The average Bonchev–Trinajstić information content (AvgIpc) is 2.56. The van der Waals surface area contributed by atoms with Crippen LogP contribution >= 0.6 is 0 Å². The van der Waals surface area contributed by atoms with Crippen molar-refractivity contribution in [1.82, 2.24) is 9.78 Å². The van der Waals surface area contributed by atoms with Crippen LogP contribution in [0.4, 0.5) is 8.78 Å². The van der Waals surface area contributed by atoms with E-state index in [9.17, 15) is 8.78 Å². The normalized spacial score (nSPS) is 10.9. The maximum atomic E-state index is 13.7. The number of rotatable bonds is 2. The molecular weight excluding hydrogens is 224 g/mol. The molecule has 0 saturated carbocycles. The zero-order valence-corrected chi connectivity index (χ0v) is 9.67. The molecule has 0 fully saturated rings. The summed E-state index contributed by atoms with van der Waals surface area (Å²) in [6, 6.07) is 3.50. The maximum Gasteiger partial charge on any atom is 0.134 e. The lowest BCUT2D eigenvalue weighted by molar-refractivity contribution is 0.585. The first-order chi connectivity index (χ1) is 8.04. The van der Waals surface area contributed by atoms with Crippen molar-refractivity contribution in [2.75, 3.05) is 0 Å². The lowest BCUT2D eigenvalue weighted by atomic mass is 10.0. The molecule has 0 spiro atoms. The number of nitrogens with zero attached hydrogens (tertiary/aromatic N) is 2. The smallest absolute Gasteiger partial charge is 0.134 e. The van der Waals surface area contributed by atoms with E-state index in [2.05, 4.69) is 5.10 Å². The molecule has 0 saturated heterocycles. The fourth-order valence-electron chi connectivity index (χ4n) is 1.86. The highest BCUT2D eigenvalue weighted by Gasteiger charge is 2.17. The first kappa shape index (κ1) is 11.7. The Bertz CT molecular complexity index is 561. The molecule has 90 valence electrons. The largest absolute Gasteiger partial charge is 0.325 e. The Morgan fingerprint density at radius 2 is 2.06 bits per heavy atom. The number of nitrogens with two attached hydrogens (primary N) is 1. The fourth-order valence-corrected chi connectivity index (χ4v) is 1.86. The second kappa shape index (κ2) is 4.25. The summed E-state index contributed by atoms with van der Waals surface area (Å²) >= 11 is 0. The van der Waals surface area contributed by atoms with Crippen LogP contribution in [0.3, 0.4) is 0 Å². The van der Waals surface area contributed by atoms with Gasteiger partial charge in [-0.2, -0.15) is 5.10 Å². The van der Waals surface area contributed by atoms with Gasteiger partial charge >= 0.3 is 0 Å². The van der Waals surface area contributed by atoms with E-state index in [0.29, 0.717) is 16.8 Å². The average molecular weight is 237 g/mol. The quantitative estimate of drug-likeness (QED) is 0.869. The number of benzene rings is 1. The minimum atomic E-state index is -0.601. The third-order valence-corrected chi connectivity index (χ3v) is 2.80. The summed E-state index contributed by atoms with van der Waals surface area (Å²) in [6.45, 7) is 2.04. The molecule has 0 aliphatic heterocycles. The Labute approximate surface area is 97.9 Å². The molecule has 1 aromatic carbocycles. The van der Waals surface area contributed by atoms with E-state index < -0.39 is 11.6 Å². The predicted octanol–water partition coefficient (Wildman–Crippen LogP) is 2.13. The lowest BCUT2D eigenvalue weighted by Crippen LogP contribution is -2.00. The van der Waals surface area contributed by atoms with Gasteiger partial charge in [-0.15, -0.1) is 0 Å². The Hall–Kier alpha value is -1.75. The van der Waals surface area contributed by atoms with Crippen molar-refractivity contribution in [1.29, 1.82) is 0 Å². The van der Waals surface area contributed by atoms with Crippen molar-refractivity contribution in [2.24, 2.45) is 12.8 Å². The van der Waals surface area contributed by atoms with Crippen LogP contribution in [0.5, 0.6) is 0 Å². The van der Waals surface area contributed by atoms with Crippen molar-refractivity contribution in [3.63, 3.8) is 0 Å². The van der Waals surface area contributed by atoms with Crippen LogP contribution in [0.2, 0.25) is 0 Å². The standard InChI is InChI=1S/C12H13F2N3/c1-7-12(11(6-15)16-17(7)2)9-4-3-8(13)5-10(9)14/h3-5H,6,15H2,1-2H3. The van der Waals surface area contributed by atoms with Gasteiger partial charge in [-0.25, -0.2) is 8.78 Å². The number of hydrogen-bond acceptors (Lipinski definition) is 2. The molecule has 0 amide bonds. The van der Waals surface area contributed by atoms with Crippen molar-refractivity contribution in [3.05, 3.63) is 41.2 Å². The second-order valence-corrected chi connectivity index (χ2v) is 3.86. The van der Waals surface area contributed by atoms with Crippen molar-refractivity contribution < 1.29 is 8.78 Å². The van der Waals surface area contributed by atoms with Crippen LogP contribution in [-0.4, -0.2) is 9.78 Å². The van der Waals surface area contributed by atoms with Crippen LogP contribution in [-0.2, 0) is 13.6 Å². The molecule has 0 aliphatic carbocycles. The van der Waals surface area contributed by atoms with Gasteiger partial charge in [-0.05, 0) is 19.1 Å². The van der Waals surface area contributed by atoms with E-state index in [-0.39, 0.29) is 6.54 Å². The van der Waals surface area contributed by atoms with E-state index in [0.717, 1.165) is 11.8 Å². The Morgan fingerprint density at radius 3 is 2.65 bits per heavy atom. The molecule has 2 N–H and O–H groups in total. The summed E-state index contributed by atoms with van der Waals surface area (Å²) in [4.78, 5) is 0. The summed E-state index contributed by atoms with van der Waals surface area (Å²) in [5.74, 6) is -1.20. The topological polar surface area (TPSA) is 43.8 Å². The summed E-state index contributed by atoms with van der Waals surface area (Å²) in [5.41, 5.74) is 7.96. The van der Waals surface area contributed by atoms with E-state index in [4.69, 9.17) is 5.73 Å². The Morgan fingerprint density at radius 1 is 1.35 bits per heavy atom. The summed E-state index contributed by atoms with van der Waals surface area (Å²) < 4.78 is 28.2. The van der Waals surface area contributed by atoms with Gasteiger partial charge in [0.05, 0.1) is 5.69 Å². The highest BCUT2D eigenvalue weighted by Crippen LogP contribution is 2.29. The molecule has 17 heavy (non-hydrogen) atoms. The molecule has 2 aromatic rings. The van der Waals surface area contributed by atoms with Crippen molar-refractivity contribution >= 4 is 0 Å². The molecule has 0 unspecified atom stereocenters. The molecule has 0 atom stereocenters. The van der Waals surface area contributed by atoms with Gasteiger partial charge in [-0.3, -0.25) is 4.68 Å². The lowest BCUT2D eigenvalue weighted by Gasteiger charge is -2.05. The van der Waals surface area contributed by atoms with Crippen molar-refractivity contribution in [3.8, 4) is 11.1 Å². The van der Waals surface area contributed by atoms with E-state index in [1.165, 1.54) is 12.1 Å². The van der Waals surface area contributed by atoms with Crippen LogP contribution in [0.1, 0.15) is 11.4 Å². The molecule has 5 heteroatoms. The fraction of sp³-hybridized carbons (Fsp3) is 0.250. The van der Waals surface area contributed by atoms with Crippen molar-refractivity contribution in [2.45, 2.75) is 13.5 Å². The number of aryl methyl sites for hydroxylation is 1. The van der Waals surface area contributed by atoms with E-state index in [1.54, 1.807) is 11.7 Å². The second-order valence-electron chi connectivity index (χ2n) is 3.86. The van der Waals surface area contributed by atoms with Gasteiger partial charge in [0, 0.05) is 36.5 Å². The van der Waals surface area contributed by atoms with Gasteiger partial charge in [0.25, 0.3) is 0 Å². The first-order valence-corrected chi connectivity index (χ1v) is 5.22. The van der Waals surface area contributed by atoms with Crippen LogP contribution in [0.15, 0.2) is 18.2 Å². The van der Waals surface area contributed by atoms with Crippen LogP contribution in [0, 0.1) is 18.6 Å². The zero-order chi connectivity index (χ0) is 12.6. The summed E-state index contributed by atoms with van der Waals surface area (Å²) in [5, 5.41) is 4.20. The van der Waals surface area contributed by atoms with Crippen LogP contribution < -0.4 is 5.73 Å². The number of halogens is 2. The molecule has 1 aromatic heterocycles. The Kier molecular flexibility index (Phi) is 2.93. The first-order valence-electron chi connectivity index (χ1n) is 5.22. The SMILES string of the molecule is Cc1c(-c2ccc(F)cc2F)c(CN)nn1C. The summed E-state index contributed by atoms with van der Waals surface area (Å²) in [6.07, 6.45) is 0. The highest BCUT2D eigenvalue weighted by molar-refractivity contribution is 5.69. The zero-order valence-electron chi connectivity index (χ0n) is 9.67. The monoisotopic (exact) mass is 237 g/mol. The third-order valence-electron chi connectivity index (χ3n) is 2.80. The minimum absolute atomic E-state index is 0.216. The van der Waals surface area contributed by atoms with Gasteiger partial charge in [0.1, 0.15) is 11.6 Å².